The Hall–Kier alpha value is -2.21. The number of aryl methyl sites for hydroxylation is 3. The molecule has 0 aromatic carbocycles. The Morgan fingerprint density at radius 3 is 2.35 bits per heavy atom. The third-order valence-electron chi connectivity index (χ3n) is 4.09. The van der Waals surface area contributed by atoms with Crippen LogP contribution in [0.3, 0.4) is 0 Å². The van der Waals surface area contributed by atoms with Gasteiger partial charge in [-0.15, -0.1) is 0 Å². The number of carbonyl (C=O) groups excluding carboxylic acids is 2. The van der Waals surface area contributed by atoms with Crippen molar-refractivity contribution >= 4 is 11.6 Å². The highest BCUT2D eigenvalue weighted by molar-refractivity contribution is 6.03. The molecule has 0 radical (unpaired) electrons. The largest absolute Gasteiger partial charge is 0.361 e. The molecule has 2 aromatic heterocycles. The van der Waals surface area contributed by atoms with Gasteiger partial charge in [-0.2, -0.15) is 0 Å². The first kappa shape index (κ1) is 17.1. The average Bonchev–Trinajstić information content (AvgIpc) is 2.92. The summed E-state index contributed by atoms with van der Waals surface area (Å²) in [6, 6.07) is 0. The SMILES string of the molecule is CC(=O)c1c(C)[nH]c(C(=O)CN(C)Cc2c(C)noc2C)c1C. The standard InChI is InChI=1S/C17H23N3O3/c1-9-16(12(4)21)11(3)18-17(9)15(22)8-20(6)7-14-10(2)19-23-13(14)5/h18H,7-8H2,1-6H3. The van der Waals surface area contributed by atoms with Crippen LogP contribution in [0.15, 0.2) is 4.52 Å². The smallest absolute Gasteiger partial charge is 0.193 e. The third-order valence-corrected chi connectivity index (χ3v) is 4.09. The molecule has 0 aliphatic heterocycles. The normalized spacial score (nSPS) is 11.3. The summed E-state index contributed by atoms with van der Waals surface area (Å²) in [5, 5.41) is 3.92. The fourth-order valence-electron chi connectivity index (χ4n) is 2.93. The molecule has 0 fully saturated rings. The van der Waals surface area contributed by atoms with Crippen LogP contribution in [0.5, 0.6) is 0 Å². The van der Waals surface area contributed by atoms with Gasteiger partial charge in [-0.1, -0.05) is 5.16 Å². The van der Waals surface area contributed by atoms with Crippen molar-refractivity contribution in [2.24, 2.45) is 0 Å². The highest BCUT2D eigenvalue weighted by Gasteiger charge is 2.21. The number of aromatic amines is 1. The van der Waals surface area contributed by atoms with E-state index >= 15 is 0 Å². The van der Waals surface area contributed by atoms with Crippen LogP contribution in [-0.4, -0.2) is 40.2 Å². The Balaban J connectivity index is 2.13. The van der Waals surface area contributed by atoms with Crippen LogP contribution in [0.1, 0.15) is 56.0 Å². The number of H-pyrrole nitrogens is 1. The first-order valence-electron chi connectivity index (χ1n) is 7.56. The molecule has 0 aliphatic carbocycles. The number of nitrogens with one attached hydrogen (secondary N) is 1. The zero-order valence-corrected chi connectivity index (χ0v) is 14.5. The van der Waals surface area contributed by atoms with E-state index in [4.69, 9.17) is 4.52 Å². The second-order valence-electron chi connectivity index (χ2n) is 6.08. The molecule has 0 unspecified atom stereocenters. The number of Topliss-reactive ketones (excluding diaryl/α,β-unsaturated/α-hetero) is 2. The number of likely N-dealkylation sites (N-methyl/N-ethyl adjacent to an activating group) is 1. The molecule has 0 spiro atoms. The summed E-state index contributed by atoms with van der Waals surface area (Å²) >= 11 is 0. The van der Waals surface area contributed by atoms with Gasteiger partial charge in [-0.3, -0.25) is 14.5 Å². The maximum absolute atomic E-state index is 12.5. The van der Waals surface area contributed by atoms with E-state index in [0.717, 1.165) is 28.3 Å². The zero-order valence-electron chi connectivity index (χ0n) is 14.5. The lowest BCUT2D eigenvalue weighted by atomic mass is 10.1. The maximum Gasteiger partial charge on any atom is 0.193 e. The predicted molar refractivity (Wildman–Crippen MR) is 86.9 cm³/mol. The summed E-state index contributed by atoms with van der Waals surface area (Å²) < 4.78 is 5.15. The van der Waals surface area contributed by atoms with Crippen molar-refractivity contribution in [2.45, 2.75) is 41.2 Å². The first-order chi connectivity index (χ1) is 10.7. The molecule has 1 N–H and O–H groups in total. The molecule has 124 valence electrons. The Labute approximate surface area is 135 Å². The monoisotopic (exact) mass is 317 g/mol. The van der Waals surface area contributed by atoms with E-state index < -0.39 is 0 Å². The Morgan fingerprint density at radius 2 is 1.87 bits per heavy atom. The fraction of sp³-hybridized carbons (Fsp3) is 0.471. The Bertz CT molecular complexity index is 736. The van der Waals surface area contributed by atoms with E-state index in [1.54, 1.807) is 0 Å². The van der Waals surface area contributed by atoms with Gasteiger partial charge in [0.05, 0.1) is 17.9 Å². The molecule has 6 heteroatoms. The number of ketones is 2. The highest BCUT2D eigenvalue weighted by Crippen LogP contribution is 2.20. The van der Waals surface area contributed by atoms with Crippen LogP contribution in [0.4, 0.5) is 0 Å². The molecule has 23 heavy (non-hydrogen) atoms. The van der Waals surface area contributed by atoms with Gasteiger partial charge in [0.15, 0.2) is 11.6 Å². The van der Waals surface area contributed by atoms with E-state index in [2.05, 4.69) is 10.1 Å². The highest BCUT2D eigenvalue weighted by atomic mass is 16.5. The summed E-state index contributed by atoms with van der Waals surface area (Å²) in [5.74, 6) is 0.708. The van der Waals surface area contributed by atoms with Crippen molar-refractivity contribution in [3.8, 4) is 0 Å². The number of rotatable bonds is 6. The van der Waals surface area contributed by atoms with E-state index in [1.165, 1.54) is 6.92 Å². The van der Waals surface area contributed by atoms with E-state index in [-0.39, 0.29) is 18.1 Å². The Kier molecular flexibility index (Phi) is 4.85. The third kappa shape index (κ3) is 3.42. The minimum Gasteiger partial charge on any atom is -0.361 e. The average molecular weight is 317 g/mol. The number of nitrogens with zero attached hydrogens (tertiary/aromatic N) is 2. The van der Waals surface area contributed by atoms with E-state index in [0.29, 0.717) is 17.8 Å². The number of hydrogen-bond acceptors (Lipinski definition) is 5. The fourth-order valence-corrected chi connectivity index (χ4v) is 2.93. The number of aromatic nitrogens is 2. The lowest BCUT2D eigenvalue weighted by molar-refractivity contribution is 0.0937. The second kappa shape index (κ2) is 6.50. The van der Waals surface area contributed by atoms with Crippen molar-refractivity contribution in [2.75, 3.05) is 13.6 Å². The van der Waals surface area contributed by atoms with Gasteiger partial charge in [0.25, 0.3) is 0 Å². The minimum absolute atomic E-state index is 0.0284. The van der Waals surface area contributed by atoms with E-state index in [1.807, 2.05) is 39.6 Å². The van der Waals surface area contributed by atoms with Gasteiger partial charge in [0.1, 0.15) is 5.76 Å². The van der Waals surface area contributed by atoms with Crippen LogP contribution in [0.2, 0.25) is 0 Å². The van der Waals surface area contributed by atoms with Crippen molar-refractivity contribution in [3.63, 3.8) is 0 Å². The zero-order chi connectivity index (χ0) is 17.3. The Morgan fingerprint density at radius 1 is 1.22 bits per heavy atom. The molecular formula is C17H23N3O3. The summed E-state index contributed by atoms with van der Waals surface area (Å²) in [6.07, 6.45) is 0. The predicted octanol–water partition coefficient (Wildman–Crippen LogP) is 2.75. The van der Waals surface area contributed by atoms with Crippen LogP contribution in [0, 0.1) is 27.7 Å². The van der Waals surface area contributed by atoms with Gasteiger partial charge >= 0.3 is 0 Å². The lowest BCUT2D eigenvalue weighted by Gasteiger charge is -2.15. The summed E-state index contributed by atoms with van der Waals surface area (Å²) in [6.45, 7) is 9.73. The van der Waals surface area contributed by atoms with Crippen molar-refractivity contribution in [3.05, 3.63) is 39.5 Å². The van der Waals surface area contributed by atoms with Gasteiger partial charge in [0, 0.05) is 23.4 Å². The van der Waals surface area contributed by atoms with Gasteiger partial charge in [0.2, 0.25) is 0 Å². The van der Waals surface area contributed by atoms with Crippen LogP contribution in [0.25, 0.3) is 0 Å². The quantitative estimate of drug-likeness (QED) is 0.829. The van der Waals surface area contributed by atoms with Crippen molar-refractivity contribution < 1.29 is 14.1 Å². The number of carbonyl (C=O) groups is 2. The molecule has 0 atom stereocenters. The van der Waals surface area contributed by atoms with Crippen LogP contribution >= 0.6 is 0 Å². The molecule has 2 heterocycles. The van der Waals surface area contributed by atoms with Gasteiger partial charge in [-0.05, 0) is 47.2 Å². The molecule has 2 aromatic rings. The lowest BCUT2D eigenvalue weighted by Crippen LogP contribution is -2.26. The summed E-state index contributed by atoms with van der Waals surface area (Å²) in [7, 11) is 1.88. The molecule has 0 saturated heterocycles. The summed E-state index contributed by atoms with van der Waals surface area (Å²) in [5.41, 5.74) is 4.44. The summed E-state index contributed by atoms with van der Waals surface area (Å²) in [4.78, 5) is 29.2. The van der Waals surface area contributed by atoms with Crippen molar-refractivity contribution in [1.82, 2.24) is 15.0 Å². The molecule has 2 rings (SSSR count). The minimum atomic E-state index is -0.0349. The molecule has 0 aliphatic rings. The number of hydrogen-bond donors (Lipinski definition) is 1. The molecule has 0 saturated carbocycles. The molecule has 6 nitrogen and oxygen atoms in total. The van der Waals surface area contributed by atoms with Gasteiger partial charge in [-0.25, -0.2) is 0 Å². The van der Waals surface area contributed by atoms with Crippen LogP contribution in [-0.2, 0) is 6.54 Å². The second-order valence-corrected chi connectivity index (χ2v) is 6.08. The topological polar surface area (TPSA) is 79.2 Å². The molecule has 0 amide bonds. The maximum atomic E-state index is 12.5. The van der Waals surface area contributed by atoms with Gasteiger partial charge < -0.3 is 9.51 Å². The van der Waals surface area contributed by atoms with Crippen LogP contribution < -0.4 is 0 Å². The van der Waals surface area contributed by atoms with Crippen molar-refractivity contribution in [1.29, 1.82) is 0 Å². The van der Waals surface area contributed by atoms with E-state index in [9.17, 15) is 9.59 Å². The first-order valence-corrected chi connectivity index (χ1v) is 7.56. The molecule has 0 bridgehead atoms. The molecular weight excluding hydrogens is 294 g/mol.